The van der Waals surface area contributed by atoms with Gasteiger partial charge in [-0.2, -0.15) is 0 Å². The maximum absolute atomic E-state index is 12.0. The second-order valence-electron chi connectivity index (χ2n) is 5.11. The minimum absolute atomic E-state index is 0.0119. The van der Waals surface area contributed by atoms with Gasteiger partial charge in [-0.3, -0.25) is 14.6 Å². The van der Waals surface area contributed by atoms with E-state index >= 15 is 0 Å². The van der Waals surface area contributed by atoms with Crippen molar-refractivity contribution in [1.82, 2.24) is 15.2 Å². The van der Waals surface area contributed by atoms with E-state index in [-0.39, 0.29) is 30.3 Å². The van der Waals surface area contributed by atoms with Gasteiger partial charge < -0.3 is 10.2 Å². The third-order valence-electron chi connectivity index (χ3n) is 3.33. The topological polar surface area (TPSA) is 62.3 Å². The number of nitrogens with zero attached hydrogens (tertiary/aromatic N) is 2. The number of hydrogen-bond donors (Lipinski definition) is 1. The smallest absolute Gasteiger partial charge is 0.243 e. The SMILES string of the molecule is CC(C)C1C(=O)NCC(=O)N1CCc1cccnc1. The van der Waals surface area contributed by atoms with E-state index in [1.54, 1.807) is 17.3 Å². The fraction of sp³-hybridized carbons (Fsp3) is 0.500. The molecule has 1 unspecified atom stereocenters. The number of carbonyl (C=O) groups is 2. The number of pyridine rings is 1. The Hall–Kier alpha value is -1.91. The number of rotatable bonds is 4. The largest absolute Gasteiger partial charge is 0.345 e. The van der Waals surface area contributed by atoms with Crippen molar-refractivity contribution in [3.8, 4) is 0 Å². The van der Waals surface area contributed by atoms with Crippen molar-refractivity contribution in [2.75, 3.05) is 13.1 Å². The molecule has 1 saturated heterocycles. The van der Waals surface area contributed by atoms with E-state index in [1.165, 1.54) is 0 Å². The highest BCUT2D eigenvalue weighted by Crippen LogP contribution is 2.15. The first-order chi connectivity index (χ1) is 9.09. The third-order valence-corrected chi connectivity index (χ3v) is 3.33. The summed E-state index contributed by atoms with van der Waals surface area (Å²) in [6.45, 7) is 4.58. The molecule has 0 aliphatic carbocycles. The lowest BCUT2D eigenvalue weighted by Gasteiger charge is -2.37. The Bertz CT molecular complexity index is 459. The summed E-state index contributed by atoms with van der Waals surface area (Å²) in [5, 5.41) is 2.65. The van der Waals surface area contributed by atoms with Crippen LogP contribution in [0.5, 0.6) is 0 Å². The zero-order valence-electron chi connectivity index (χ0n) is 11.3. The highest BCUT2D eigenvalue weighted by atomic mass is 16.2. The average molecular weight is 261 g/mol. The van der Waals surface area contributed by atoms with Gasteiger partial charge in [0.25, 0.3) is 0 Å². The van der Waals surface area contributed by atoms with Crippen molar-refractivity contribution < 1.29 is 9.59 Å². The second-order valence-corrected chi connectivity index (χ2v) is 5.11. The molecule has 1 aromatic rings. The maximum Gasteiger partial charge on any atom is 0.243 e. The molecule has 2 amide bonds. The molecular formula is C14H19N3O2. The average Bonchev–Trinajstić information content (AvgIpc) is 2.40. The molecule has 5 heteroatoms. The van der Waals surface area contributed by atoms with Crippen LogP contribution in [0.4, 0.5) is 0 Å². The summed E-state index contributed by atoms with van der Waals surface area (Å²) in [5.74, 6) is 0.0427. The summed E-state index contributed by atoms with van der Waals surface area (Å²) in [4.78, 5) is 29.6. The van der Waals surface area contributed by atoms with E-state index < -0.39 is 0 Å². The Morgan fingerprint density at radius 1 is 1.47 bits per heavy atom. The van der Waals surface area contributed by atoms with Crippen molar-refractivity contribution in [1.29, 1.82) is 0 Å². The van der Waals surface area contributed by atoms with Gasteiger partial charge in [0.05, 0.1) is 6.54 Å². The Labute approximate surface area is 113 Å². The molecule has 1 N–H and O–H groups in total. The van der Waals surface area contributed by atoms with Crippen molar-refractivity contribution in [3.63, 3.8) is 0 Å². The molecule has 1 fully saturated rings. The molecule has 0 radical (unpaired) electrons. The minimum atomic E-state index is -0.363. The van der Waals surface area contributed by atoms with Gasteiger partial charge in [-0.25, -0.2) is 0 Å². The zero-order chi connectivity index (χ0) is 13.8. The molecule has 1 aromatic heterocycles. The van der Waals surface area contributed by atoms with E-state index in [4.69, 9.17) is 0 Å². The van der Waals surface area contributed by atoms with E-state index in [1.807, 2.05) is 26.0 Å². The van der Waals surface area contributed by atoms with Crippen LogP contribution < -0.4 is 5.32 Å². The summed E-state index contributed by atoms with van der Waals surface area (Å²) in [5.41, 5.74) is 1.07. The molecule has 0 bridgehead atoms. The summed E-state index contributed by atoms with van der Waals surface area (Å²) in [6, 6.07) is 3.49. The standard InChI is InChI=1S/C14H19N3O2/c1-10(2)13-14(19)16-9-12(18)17(13)7-5-11-4-3-6-15-8-11/h3-4,6,8,10,13H,5,7,9H2,1-2H3,(H,16,19). The number of nitrogens with one attached hydrogen (secondary N) is 1. The Kier molecular flexibility index (Phi) is 4.14. The van der Waals surface area contributed by atoms with Gasteiger partial charge in [0.15, 0.2) is 0 Å². The molecule has 2 heterocycles. The van der Waals surface area contributed by atoms with Crippen LogP contribution in [0.15, 0.2) is 24.5 Å². The molecule has 0 aromatic carbocycles. The van der Waals surface area contributed by atoms with Crippen LogP contribution in [0, 0.1) is 5.92 Å². The van der Waals surface area contributed by atoms with Crippen LogP contribution in [0.3, 0.4) is 0 Å². The lowest BCUT2D eigenvalue weighted by atomic mass is 9.99. The first-order valence-corrected chi connectivity index (χ1v) is 6.55. The predicted octanol–water partition coefficient (Wildman–Crippen LogP) is 0.607. The monoisotopic (exact) mass is 261 g/mol. The number of hydrogen-bond acceptors (Lipinski definition) is 3. The predicted molar refractivity (Wildman–Crippen MR) is 71.3 cm³/mol. The fourth-order valence-corrected chi connectivity index (χ4v) is 2.39. The summed E-state index contributed by atoms with van der Waals surface area (Å²) >= 11 is 0. The molecule has 1 aliphatic heterocycles. The Morgan fingerprint density at radius 3 is 2.89 bits per heavy atom. The van der Waals surface area contributed by atoms with Crippen molar-refractivity contribution in [2.24, 2.45) is 5.92 Å². The molecule has 5 nitrogen and oxygen atoms in total. The van der Waals surface area contributed by atoms with E-state index in [0.717, 1.165) is 12.0 Å². The van der Waals surface area contributed by atoms with Crippen LogP contribution in [-0.4, -0.2) is 40.8 Å². The van der Waals surface area contributed by atoms with Gasteiger partial charge in [-0.15, -0.1) is 0 Å². The molecule has 19 heavy (non-hydrogen) atoms. The van der Waals surface area contributed by atoms with Crippen LogP contribution >= 0.6 is 0 Å². The number of amides is 2. The highest BCUT2D eigenvalue weighted by Gasteiger charge is 2.35. The number of aromatic nitrogens is 1. The van der Waals surface area contributed by atoms with Crippen molar-refractivity contribution in [2.45, 2.75) is 26.3 Å². The van der Waals surface area contributed by atoms with Gasteiger partial charge in [-0.05, 0) is 24.0 Å². The van der Waals surface area contributed by atoms with Crippen molar-refractivity contribution >= 4 is 11.8 Å². The molecule has 1 aliphatic rings. The van der Waals surface area contributed by atoms with Crippen molar-refractivity contribution in [3.05, 3.63) is 30.1 Å². The van der Waals surface area contributed by atoms with Gasteiger partial charge in [0.2, 0.25) is 11.8 Å². The molecule has 0 spiro atoms. The summed E-state index contributed by atoms with van der Waals surface area (Å²) < 4.78 is 0. The Balaban J connectivity index is 2.06. The fourth-order valence-electron chi connectivity index (χ4n) is 2.39. The number of piperazine rings is 1. The molecule has 2 rings (SSSR count). The van der Waals surface area contributed by atoms with Gasteiger partial charge >= 0.3 is 0 Å². The highest BCUT2D eigenvalue weighted by molar-refractivity contribution is 5.94. The first-order valence-electron chi connectivity index (χ1n) is 6.55. The van der Waals surface area contributed by atoms with E-state index in [2.05, 4.69) is 10.3 Å². The van der Waals surface area contributed by atoms with Crippen LogP contribution in [-0.2, 0) is 16.0 Å². The van der Waals surface area contributed by atoms with Gasteiger partial charge in [-0.1, -0.05) is 19.9 Å². The molecule has 102 valence electrons. The van der Waals surface area contributed by atoms with Crippen LogP contribution in [0.1, 0.15) is 19.4 Å². The maximum atomic E-state index is 12.0. The van der Waals surface area contributed by atoms with E-state index in [9.17, 15) is 9.59 Å². The second kappa shape index (κ2) is 5.82. The van der Waals surface area contributed by atoms with Crippen LogP contribution in [0.2, 0.25) is 0 Å². The number of carbonyl (C=O) groups excluding carboxylic acids is 2. The zero-order valence-corrected chi connectivity index (χ0v) is 11.3. The van der Waals surface area contributed by atoms with E-state index in [0.29, 0.717) is 6.54 Å². The molecule has 1 atom stereocenters. The quantitative estimate of drug-likeness (QED) is 0.863. The lowest BCUT2D eigenvalue weighted by molar-refractivity contribution is -0.147. The Morgan fingerprint density at radius 2 is 2.26 bits per heavy atom. The minimum Gasteiger partial charge on any atom is -0.345 e. The van der Waals surface area contributed by atoms with Gasteiger partial charge in [0.1, 0.15) is 6.04 Å². The van der Waals surface area contributed by atoms with Crippen LogP contribution in [0.25, 0.3) is 0 Å². The third kappa shape index (κ3) is 3.10. The molecule has 0 saturated carbocycles. The van der Waals surface area contributed by atoms with Gasteiger partial charge in [0, 0.05) is 18.9 Å². The lowest BCUT2D eigenvalue weighted by Crippen LogP contribution is -2.60. The molecular weight excluding hydrogens is 242 g/mol. The normalized spacial score (nSPS) is 19.7. The summed E-state index contributed by atoms with van der Waals surface area (Å²) in [6.07, 6.45) is 4.23. The summed E-state index contributed by atoms with van der Waals surface area (Å²) in [7, 11) is 0. The first kappa shape index (κ1) is 13.5.